The lowest BCUT2D eigenvalue weighted by molar-refractivity contribution is 0.451. The Bertz CT molecular complexity index is 507. The molecule has 2 rings (SSSR count). The summed E-state index contributed by atoms with van der Waals surface area (Å²) < 4.78 is 0. The lowest BCUT2D eigenvalue weighted by Gasteiger charge is -2.01. The second kappa shape index (κ2) is 4.68. The molecule has 0 amide bonds. The first-order valence-corrected chi connectivity index (χ1v) is 6.04. The Kier molecular flexibility index (Phi) is 3.26. The molecule has 17 heavy (non-hydrogen) atoms. The van der Waals surface area contributed by atoms with Crippen molar-refractivity contribution in [2.24, 2.45) is 5.73 Å². The Hall–Kier alpha value is -1.66. The third-order valence-electron chi connectivity index (χ3n) is 2.35. The van der Waals surface area contributed by atoms with E-state index in [-0.39, 0.29) is 17.5 Å². The first kappa shape index (κ1) is 11.8. The van der Waals surface area contributed by atoms with Crippen molar-refractivity contribution in [3.8, 4) is 22.1 Å². The highest BCUT2D eigenvalue weighted by molar-refractivity contribution is 7.14. The summed E-state index contributed by atoms with van der Waals surface area (Å²) in [6, 6.07) is 4.21. The second-order valence-electron chi connectivity index (χ2n) is 3.70. The van der Waals surface area contributed by atoms with E-state index in [4.69, 9.17) is 5.73 Å². The fourth-order valence-corrected chi connectivity index (χ4v) is 2.31. The molecule has 1 aromatic heterocycles. The molecule has 1 unspecified atom stereocenters. The van der Waals surface area contributed by atoms with Crippen molar-refractivity contribution in [2.45, 2.75) is 19.4 Å². The number of hydrogen-bond acceptors (Lipinski definition) is 6. The molecule has 1 atom stereocenters. The maximum absolute atomic E-state index is 9.39. The van der Waals surface area contributed by atoms with Crippen LogP contribution in [-0.2, 0) is 0 Å². The Morgan fingerprint density at radius 2 is 1.88 bits per heavy atom. The van der Waals surface area contributed by atoms with Gasteiger partial charge >= 0.3 is 0 Å². The van der Waals surface area contributed by atoms with Gasteiger partial charge in [-0.3, -0.25) is 0 Å². The third kappa shape index (κ3) is 2.54. The van der Waals surface area contributed by atoms with Crippen molar-refractivity contribution in [1.82, 2.24) is 10.2 Å². The van der Waals surface area contributed by atoms with E-state index in [9.17, 15) is 10.2 Å². The van der Waals surface area contributed by atoms with Gasteiger partial charge < -0.3 is 15.9 Å². The molecule has 1 aromatic carbocycles. The lowest BCUT2D eigenvalue weighted by Crippen LogP contribution is -2.07. The summed E-state index contributed by atoms with van der Waals surface area (Å²) in [7, 11) is 0. The van der Waals surface area contributed by atoms with Crippen LogP contribution in [0.15, 0.2) is 18.2 Å². The van der Waals surface area contributed by atoms with Crippen LogP contribution < -0.4 is 5.73 Å². The largest absolute Gasteiger partial charge is 0.508 e. The second-order valence-corrected chi connectivity index (χ2v) is 4.71. The van der Waals surface area contributed by atoms with Crippen LogP contribution >= 0.6 is 11.3 Å². The standard InChI is InChI=1S/C11H13N3O2S/c1-2-9(12)11-14-13-10(17-11)6-3-7(15)5-8(16)4-6/h3-5,9,15-16H,2,12H2,1H3. The van der Waals surface area contributed by atoms with Crippen LogP contribution in [-0.4, -0.2) is 20.4 Å². The molecule has 1 heterocycles. The van der Waals surface area contributed by atoms with Gasteiger partial charge in [0.2, 0.25) is 0 Å². The molecular formula is C11H13N3O2S. The van der Waals surface area contributed by atoms with Gasteiger partial charge in [-0.25, -0.2) is 0 Å². The quantitative estimate of drug-likeness (QED) is 0.776. The SMILES string of the molecule is CCC(N)c1nnc(-c2cc(O)cc(O)c2)s1. The predicted molar refractivity (Wildman–Crippen MR) is 65.9 cm³/mol. The maximum atomic E-state index is 9.39. The van der Waals surface area contributed by atoms with E-state index >= 15 is 0 Å². The van der Waals surface area contributed by atoms with Gasteiger partial charge in [0.1, 0.15) is 21.5 Å². The first-order chi connectivity index (χ1) is 8.10. The zero-order valence-electron chi connectivity index (χ0n) is 9.29. The molecular weight excluding hydrogens is 238 g/mol. The summed E-state index contributed by atoms with van der Waals surface area (Å²) in [4.78, 5) is 0. The number of phenolic OH excluding ortho intramolecular Hbond substituents is 2. The third-order valence-corrected chi connectivity index (χ3v) is 3.45. The monoisotopic (exact) mass is 251 g/mol. The Morgan fingerprint density at radius 3 is 2.47 bits per heavy atom. The minimum atomic E-state index is -0.118. The lowest BCUT2D eigenvalue weighted by atomic mass is 10.2. The van der Waals surface area contributed by atoms with Gasteiger partial charge in [0.05, 0.1) is 6.04 Å². The van der Waals surface area contributed by atoms with Crippen LogP contribution in [0.4, 0.5) is 0 Å². The first-order valence-electron chi connectivity index (χ1n) is 5.22. The summed E-state index contributed by atoms with van der Waals surface area (Å²) in [6.07, 6.45) is 0.792. The maximum Gasteiger partial charge on any atom is 0.148 e. The van der Waals surface area contributed by atoms with E-state index < -0.39 is 0 Å². The van der Waals surface area contributed by atoms with Gasteiger partial charge in [0.25, 0.3) is 0 Å². The number of hydrogen-bond donors (Lipinski definition) is 3. The van der Waals surface area contributed by atoms with Crippen molar-refractivity contribution in [1.29, 1.82) is 0 Å². The molecule has 0 saturated heterocycles. The molecule has 0 fully saturated rings. The van der Waals surface area contributed by atoms with Crippen LogP contribution in [0.3, 0.4) is 0 Å². The van der Waals surface area contributed by atoms with Gasteiger partial charge in [-0.15, -0.1) is 10.2 Å². The molecule has 6 heteroatoms. The van der Waals surface area contributed by atoms with Crippen LogP contribution in [0, 0.1) is 0 Å². The topological polar surface area (TPSA) is 92.3 Å². The highest BCUT2D eigenvalue weighted by Crippen LogP contribution is 2.31. The number of rotatable bonds is 3. The van der Waals surface area contributed by atoms with E-state index in [1.807, 2.05) is 6.92 Å². The zero-order chi connectivity index (χ0) is 12.4. The molecule has 90 valence electrons. The van der Waals surface area contributed by atoms with E-state index in [0.717, 1.165) is 11.4 Å². The number of aromatic hydroxyl groups is 2. The number of nitrogens with zero attached hydrogens (tertiary/aromatic N) is 2. The molecule has 0 aliphatic heterocycles. The van der Waals surface area contributed by atoms with Gasteiger partial charge in [0, 0.05) is 11.6 Å². The average molecular weight is 251 g/mol. The zero-order valence-corrected chi connectivity index (χ0v) is 10.1. The average Bonchev–Trinajstić information content (AvgIpc) is 2.76. The van der Waals surface area contributed by atoms with Crippen LogP contribution in [0.5, 0.6) is 11.5 Å². The molecule has 4 N–H and O–H groups in total. The smallest absolute Gasteiger partial charge is 0.148 e. The van der Waals surface area contributed by atoms with Gasteiger partial charge in [-0.1, -0.05) is 18.3 Å². The molecule has 0 saturated carbocycles. The van der Waals surface area contributed by atoms with E-state index in [1.165, 1.54) is 29.5 Å². The van der Waals surface area contributed by atoms with Crippen molar-refractivity contribution < 1.29 is 10.2 Å². The van der Waals surface area contributed by atoms with Crippen LogP contribution in [0.1, 0.15) is 24.4 Å². The summed E-state index contributed by atoms with van der Waals surface area (Å²) in [5.41, 5.74) is 6.49. The van der Waals surface area contributed by atoms with E-state index in [2.05, 4.69) is 10.2 Å². The Balaban J connectivity index is 2.36. The fourth-order valence-electron chi connectivity index (χ4n) is 1.39. The molecule has 5 nitrogen and oxygen atoms in total. The van der Waals surface area contributed by atoms with Crippen molar-refractivity contribution in [3.63, 3.8) is 0 Å². The summed E-state index contributed by atoms with van der Waals surface area (Å²) in [6.45, 7) is 1.98. The summed E-state index contributed by atoms with van der Waals surface area (Å²) >= 11 is 1.37. The minimum absolute atomic E-state index is 0.00320. The van der Waals surface area contributed by atoms with Crippen molar-refractivity contribution >= 4 is 11.3 Å². The fraction of sp³-hybridized carbons (Fsp3) is 0.273. The van der Waals surface area contributed by atoms with Gasteiger partial charge in [-0.05, 0) is 18.6 Å². The molecule has 2 aromatic rings. The van der Waals surface area contributed by atoms with Gasteiger partial charge in [-0.2, -0.15) is 0 Å². The number of aromatic nitrogens is 2. The minimum Gasteiger partial charge on any atom is -0.508 e. The van der Waals surface area contributed by atoms with Crippen molar-refractivity contribution in [2.75, 3.05) is 0 Å². The van der Waals surface area contributed by atoms with E-state index in [0.29, 0.717) is 10.6 Å². The molecule has 0 aliphatic rings. The van der Waals surface area contributed by atoms with Crippen molar-refractivity contribution in [3.05, 3.63) is 23.2 Å². The van der Waals surface area contributed by atoms with Crippen LogP contribution in [0.25, 0.3) is 10.6 Å². The van der Waals surface area contributed by atoms with Gasteiger partial charge in [0.15, 0.2) is 0 Å². The number of benzene rings is 1. The molecule has 0 spiro atoms. The highest BCUT2D eigenvalue weighted by Gasteiger charge is 2.12. The number of phenols is 2. The van der Waals surface area contributed by atoms with E-state index in [1.54, 1.807) is 0 Å². The summed E-state index contributed by atoms with van der Waals surface area (Å²) in [5.74, 6) is -0.00641. The normalized spacial score (nSPS) is 12.6. The Labute approximate surface area is 103 Å². The molecule has 0 aliphatic carbocycles. The molecule has 0 radical (unpaired) electrons. The predicted octanol–water partition coefficient (Wildman–Crippen LogP) is 2.03. The number of nitrogens with two attached hydrogens (primary N) is 1. The summed E-state index contributed by atoms with van der Waals surface area (Å²) in [5, 5.41) is 28.2. The highest BCUT2D eigenvalue weighted by atomic mass is 32.1. The molecule has 0 bridgehead atoms. The Morgan fingerprint density at radius 1 is 1.24 bits per heavy atom. The van der Waals surface area contributed by atoms with Crippen LogP contribution in [0.2, 0.25) is 0 Å².